The molecule has 5 unspecified atom stereocenters. The number of carbonyl (C=O) groups excluding carboxylic acids is 3. The van der Waals surface area contributed by atoms with E-state index in [1.54, 1.807) is 4.57 Å². The van der Waals surface area contributed by atoms with E-state index < -0.39 is 48.4 Å². The van der Waals surface area contributed by atoms with Gasteiger partial charge in [-0.05, 0) is 6.42 Å². The fraction of sp³-hybridized carbons (Fsp3) is 0.600. The average molecular weight is 481 g/mol. The molecule has 14 heteroatoms. The zero-order valence-corrected chi connectivity index (χ0v) is 19.2. The lowest BCUT2D eigenvalue weighted by Gasteiger charge is -2.29. The first kappa shape index (κ1) is 25.3. The molecule has 1 fully saturated rings. The summed E-state index contributed by atoms with van der Waals surface area (Å²) in [6.07, 6.45) is -0.231. The lowest BCUT2D eigenvalue weighted by molar-refractivity contribution is -0.201. The molecule has 1 aliphatic carbocycles. The van der Waals surface area contributed by atoms with E-state index in [9.17, 15) is 14.4 Å². The maximum absolute atomic E-state index is 12.4. The SMILES string of the molecule is COCC(=O)OC1C(C(OC)OC(C)=O)CC(n2cnc3c(N)ncnc32)C1OC(=O)COC. The third kappa shape index (κ3) is 5.40. The first-order valence-electron chi connectivity index (χ1n) is 10.3. The van der Waals surface area contributed by atoms with E-state index in [1.807, 2.05) is 0 Å². The maximum atomic E-state index is 12.4. The van der Waals surface area contributed by atoms with Gasteiger partial charge in [0.25, 0.3) is 0 Å². The summed E-state index contributed by atoms with van der Waals surface area (Å²) in [5.74, 6) is -2.53. The monoisotopic (exact) mass is 481 g/mol. The fourth-order valence-electron chi connectivity index (χ4n) is 4.04. The van der Waals surface area contributed by atoms with Crippen molar-refractivity contribution in [3.8, 4) is 0 Å². The number of anilines is 1. The third-order valence-corrected chi connectivity index (χ3v) is 5.31. The number of nitrogen functional groups attached to an aromatic ring is 1. The molecule has 2 heterocycles. The van der Waals surface area contributed by atoms with Crippen molar-refractivity contribution >= 4 is 34.9 Å². The molecule has 2 aromatic rings. The van der Waals surface area contributed by atoms with Crippen molar-refractivity contribution in [1.82, 2.24) is 19.5 Å². The van der Waals surface area contributed by atoms with Gasteiger partial charge in [0.15, 0.2) is 17.6 Å². The van der Waals surface area contributed by atoms with Crippen LogP contribution in [0.5, 0.6) is 0 Å². The number of esters is 3. The number of methoxy groups -OCH3 is 3. The Kier molecular flexibility index (Phi) is 8.31. The molecule has 2 aromatic heterocycles. The number of carbonyl (C=O) groups is 3. The van der Waals surface area contributed by atoms with Gasteiger partial charge in [0.1, 0.15) is 31.2 Å². The third-order valence-electron chi connectivity index (χ3n) is 5.31. The van der Waals surface area contributed by atoms with Crippen LogP contribution in [0.15, 0.2) is 12.7 Å². The van der Waals surface area contributed by atoms with Gasteiger partial charge < -0.3 is 38.7 Å². The summed E-state index contributed by atoms with van der Waals surface area (Å²) in [6.45, 7) is 0.559. The van der Waals surface area contributed by atoms with E-state index in [2.05, 4.69) is 15.0 Å². The number of ether oxygens (including phenoxy) is 6. The van der Waals surface area contributed by atoms with E-state index in [0.717, 1.165) is 0 Å². The van der Waals surface area contributed by atoms with Crippen molar-refractivity contribution in [1.29, 1.82) is 0 Å². The van der Waals surface area contributed by atoms with Crippen molar-refractivity contribution < 1.29 is 42.8 Å². The van der Waals surface area contributed by atoms with Gasteiger partial charge in [-0.25, -0.2) is 24.5 Å². The number of hydrogen-bond donors (Lipinski definition) is 1. The molecule has 5 atom stereocenters. The molecule has 0 aliphatic heterocycles. The molecule has 3 rings (SSSR count). The summed E-state index contributed by atoms with van der Waals surface area (Å²) in [7, 11) is 4.03. The van der Waals surface area contributed by atoms with E-state index >= 15 is 0 Å². The molecule has 0 amide bonds. The molecule has 1 saturated carbocycles. The summed E-state index contributed by atoms with van der Waals surface area (Å²) in [5, 5.41) is 0. The normalized spacial score (nSPS) is 22.9. The fourth-order valence-corrected chi connectivity index (χ4v) is 4.04. The van der Waals surface area contributed by atoms with E-state index in [1.165, 1.54) is 40.9 Å². The summed E-state index contributed by atoms with van der Waals surface area (Å²) < 4.78 is 33.4. The molecule has 0 aromatic carbocycles. The minimum Gasteiger partial charge on any atom is -0.456 e. The van der Waals surface area contributed by atoms with Crippen LogP contribution in [0.4, 0.5) is 5.82 Å². The molecule has 0 radical (unpaired) electrons. The van der Waals surface area contributed by atoms with Crippen LogP contribution in [0.1, 0.15) is 19.4 Å². The number of hydrogen-bond acceptors (Lipinski definition) is 13. The van der Waals surface area contributed by atoms with Crippen molar-refractivity contribution in [3.63, 3.8) is 0 Å². The molecular weight excluding hydrogens is 454 g/mol. The number of nitrogens with zero attached hydrogens (tertiary/aromatic N) is 4. The highest BCUT2D eigenvalue weighted by atomic mass is 16.7. The van der Waals surface area contributed by atoms with E-state index in [4.69, 9.17) is 34.2 Å². The first-order chi connectivity index (χ1) is 16.3. The molecular formula is C20H27N5O9. The van der Waals surface area contributed by atoms with Gasteiger partial charge >= 0.3 is 17.9 Å². The molecule has 14 nitrogen and oxygen atoms in total. The van der Waals surface area contributed by atoms with Gasteiger partial charge in [0, 0.05) is 28.3 Å². The molecule has 0 bridgehead atoms. The van der Waals surface area contributed by atoms with Crippen LogP contribution in [0.2, 0.25) is 0 Å². The Balaban J connectivity index is 2.07. The van der Waals surface area contributed by atoms with E-state index in [0.29, 0.717) is 11.2 Å². The largest absolute Gasteiger partial charge is 0.456 e. The van der Waals surface area contributed by atoms with Crippen molar-refractivity contribution in [3.05, 3.63) is 12.7 Å². The quantitative estimate of drug-likeness (QED) is 0.264. The Morgan fingerprint density at radius 2 is 1.71 bits per heavy atom. The van der Waals surface area contributed by atoms with Gasteiger partial charge in [0.2, 0.25) is 6.29 Å². The molecule has 0 spiro atoms. The molecule has 0 saturated heterocycles. The number of aromatic nitrogens is 4. The topological polar surface area (TPSA) is 176 Å². The highest BCUT2D eigenvalue weighted by molar-refractivity contribution is 5.81. The smallest absolute Gasteiger partial charge is 0.332 e. The van der Waals surface area contributed by atoms with Crippen molar-refractivity contribution in [2.24, 2.45) is 5.92 Å². The van der Waals surface area contributed by atoms with Crippen molar-refractivity contribution in [2.75, 3.05) is 40.3 Å². The Hall–Kier alpha value is -3.36. The minimum atomic E-state index is -1.10. The Morgan fingerprint density at radius 1 is 1.06 bits per heavy atom. The highest BCUT2D eigenvalue weighted by Crippen LogP contribution is 2.43. The molecule has 2 N–H and O–H groups in total. The number of imidazole rings is 1. The zero-order valence-electron chi connectivity index (χ0n) is 19.2. The van der Waals surface area contributed by atoms with Crippen LogP contribution in [0.3, 0.4) is 0 Å². The Morgan fingerprint density at radius 3 is 2.29 bits per heavy atom. The standard InChI is InChI=1S/C20H27N5O9/c1-10(26)32-20(31-4)11-5-12(25-9-24-15-18(21)22-8-23-19(15)25)17(34-14(28)7-30-3)16(11)33-13(27)6-29-2/h8-9,11-12,16-17,20H,5-7H2,1-4H3,(H2,21,22,23). The van der Waals surface area contributed by atoms with Crippen LogP contribution in [-0.2, 0) is 42.8 Å². The summed E-state index contributed by atoms with van der Waals surface area (Å²) in [5.41, 5.74) is 6.65. The first-order valence-corrected chi connectivity index (χ1v) is 10.3. The van der Waals surface area contributed by atoms with Gasteiger partial charge in [-0.3, -0.25) is 4.79 Å². The Bertz CT molecular complexity index is 1030. The number of rotatable bonds is 10. The Labute approximate surface area is 194 Å². The maximum Gasteiger partial charge on any atom is 0.332 e. The second kappa shape index (κ2) is 11.2. The van der Waals surface area contributed by atoms with Gasteiger partial charge in [-0.15, -0.1) is 0 Å². The second-order valence-electron chi connectivity index (χ2n) is 7.54. The van der Waals surface area contributed by atoms with E-state index in [-0.39, 0.29) is 25.5 Å². The minimum absolute atomic E-state index is 0.170. The van der Waals surface area contributed by atoms with Crippen LogP contribution in [0, 0.1) is 5.92 Å². The number of nitrogens with two attached hydrogens (primary N) is 1. The second-order valence-corrected chi connectivity index (χ2v) is 7.54. The van der Waals surface area contributed by atoms with Gasteiger partial charge in [0.05, 0.1) is 18.3 Å². The van der Waals surface area contributed by atoms with Crippen LogP contribution in [0.25, 0.3) is 11.2 Å². The number of fused-ring (bicyclic) bond motifs is 1. The zero-order chi connectivity index (χ0) is 24.8. The van der Waals surface area contributed by atoms with Crippen LogP contribution < -0.4 is 5.73 Å². The van der Waals surface area contributed by atoms with Gasteiger partial charge in [-0.1, -0.05) is 0 Å². The molecule has 1 aliphatic rings. The lowest BCUT2D eigenvalue weighted by atomic mass is 10.0. The predicted molar refractivity (Wildman–Crippen MR) is 113 cm³/mol. The van der Waals surface area contributed by atoms with Gasteiger partial charge in [-0.2, -0.15) is 0 Å². The summed E-state index contributed by atoms with van der Waals surface area (Å²) in [6, 6.07) is -0.640. The summed E-state index contributed by atoms with van der Waals surface area (Å²) in [4.78, 5) is 48.9. The predicted octanol–water partition coefficient (Wildman–Crippen LogP) is -0.378. The van der Waals surface area contributed by atoms with Crippen LogP contribution >= 0.6 is 0 Å². The molecule has 186 valence electrons. The van der Waals surface area contributed by atoms with Crippen LogP contribution in [-0.4, -0.2) is 90.5 Å². The van der Waals surface area contributed by atoms with Crippen molar-refractivity contribution in [2.45, 2.75) is 37.9 Å². The molecule has 34 heavy (non-hydrogen) atoms. The summed E-state index contributed by atoms with van der Waals surface area (Å²) >= 11 is 0. The highest BCUT2D eigenvalue weighted by Gasteiger charge is 2.53. The average Bonchev–Trinajstić information content (AvgIpc) is 3.35. The lowest BCUT2D eigenvalue weighted by Crippen LogP contribution is -2.43.